The van der Waals surface area contributed by atoms with Crippen LogP contribution in [0.15, 0.2) is 5.16 Å². The van der Waals surface area contributed by atoms with E-state index in [1.54, 1.807) is 4.52 Å². The second-order valence-electron chi connectivity index (χ2n) is 5.85. The monoisotopic (exact) mass is 321 g/mol. The number of hydrogen-bond donors (Lipinski definition) is 1. The van der Waals surface area contributed by atoms with Gasteiger partial charge in [0.25, 0.3) is 5.78 Å². The maximum atomic E-state index is 12.2. The molecule has 0 spiro atoms. The molecule has 2 aromatic heterocycles. The van der Waals surface area contributed by atoms with E-state index in [0.717, 1.165) is 17.0 Å². The minimum atomic E-state index is 0.0127. The van der Waals surface area contributed by atoms with E-state index in [-0.39, 0.29) is 11.9 Å². The predicted octanol–water partition coefficient (Wildman–Crippen LogP) is 2.17. The summed E-state index contributed by atoms with van der Waals surface area (Å²) in [4.78, 5) is 21.1. The van der Waals surface area contributed by atoms with Crippen molar-refractivity contribution in [2.45, 2.75) is 52.2 Å². The first kappa shape index (κ1) is 16.7. The average Bonchev–Trinajstić information content (AvgIpc) is 2.86. The molecule has 1 unspecified atom stereocenters. The van der Waals surface area contributed by atoms with Crippen LogP contribution in [0.4, 0.5) is 0 Å². The molecule has 7 heteroatoms. The minimum absolute atomic E-state index is 0.0127. The molecule has 1 amide bonds. The first-order chi connectivity index (χ1) is 10.3. The van der Waals surface area contributed by atoms with Crippen LogP contribution in [0.1, 0.15) is 37.7 Å². The van der Waals surface area contributed by atoms with E-state index >= 15 is 0 Å². The lowest BCUT2D eigenvalue weighted by Crippen LogP contribution is -2.37. The fraction of sp³-hybridized carbons (Fsp3) is 0.600. The number of amides is 1. The van der Waals surface area contributed by atoms with Crippen LogP contribution in [0.2, 0.25) is 0 Å². The van der Waals surface area contributed by atoms with E-state index < -0.39 is 0 Å². The van der Waals surface area contributed by atoms with Crippen LogP contribution in [-0.2, 0) is 11.2 Å². The van der Waals surface area contributed by atoms with Gasteiger partial charge >= 0.3 is 0 Å². The van der Waals surface area contributed by atoms with Gasteiger partial charge in [0.15, 0.2) is 0 Å². The van der Waals surface area contributed by atoms with Gasteiger partial charge in [0.1, 0.15) is 0 Å². The average molecular weight is 321 g/mol. The highest BCUT2D eigenvalue weighted by molar-refractivity contribution is 7.98. The van der Waals surface area contributed by atoms with Gasteiger partial charge in [0.05, 0.1) is 6.42 Å². The van der Waals surface area contributed by atoms with Gasteiger partial charge in [-0.1, -0.05) is 25.6 Å². The second kappa shape index (κ2) is 6.64. The summed E-state index contributed by atoms with van der Waals surface area (Å²) in [5, 5.41) is 8.12. The zero-order valence-corrected chi connectivity index (χ0v) is 14.8. The Kier molecular flexibility index (Phi) is 5.05. The van der Waals surface area contributed by atoms with Crippen molar-refractivity contribution in [2.75, 3.05) is 6.26 Å². The van der Waals surface area contributed by atoms with E-state index in [4.69, 9.17) is 0 Å². The molecule has 0 aliphatic heterocycles. The van der Waals surface area contributed by atoms with Crippen molar-refractivity contribution in [3.8, 4) is 0 Å². The van der Waals surface area contributed by atoms with E-state index in [1.807, 2.05) is 27.0 Å². The van der Waals surface area contributed by atoms with Gasteiger partial charge in [-0.05, 0) is 32.9 Å². The molecule has 2 heterocycles. The normalized spacial score (nSPS) is 12.9. The number of nitrogens with zero attached hydrogens (tertiary/aromatic N) is 4. The fourth-order valence-electron chi connectivity index (χ4n) is 2.16. The lowest BCUT2D eigenvalue weighted by atomic mass is 10.0. The Hall–Kier alpha value is -1.63. The van der Waals surface area contributed by atoms with Crippen LogP contribution >= 0.6 is 11.8 Å². The maximum absolute atomic E-state index is 12.2. The minimum Gasteiger partial charge on any atom is -0.353 e. The Morgan fingerprint density at radius 3 is 2.55 bits per heavy atom. The molecule has 2 aromatic rings. The topological polar surface area (TPSA) is 72.2 Å². The van der Waals surface area contributed by atoms with E-state index in [9.17, 15) is 4.79 Å². The third-order valence-electron chi connectivity index (χ3n) is 3.94. The molecular formula is C15H23N5OS. The highest BCUT2D eigenvalue weighted by atomic mass is 32.2. The molecule has 0 aliphatic rings. The molecule has 6 nitrogen and oxygen atoms in total. The summed E-state index contributed by atoms with van der Waals surface area (Å²) in [6.45, 7) is 10.1. The van der Waals surface area contributed by atoms with Crippen molar-refractivity contribution in [3.63, 3.8) is 0 Å². The van der Waals surface area contributed by atoms with Gasteiger partial charge in [-0.25, -0.2) is 9.50 Å². The van der Waals surface area contributed by atoms with Crippen molar-refractivity contribution >= 4 is 23.4 Å². The molecule has 0 fully saturated rings. The van der Waals surface area contributed by atoms with E-state index in [2.05, 4.69) is 34.2 Å². The molecule has 0 saturated carbocycles. The van der Waals surface area contributed by atoms with Gasteiger partial charge in [0, 0.05) is 23.0 Å². The van der Waals surface area contributed by atoms with Crippen molar-refractivity contribution in [1.29, 1.82) is 0 Å². The van der Waals surface area contributed by atoms with Crippen LogP contribution in [0, 0.1) is 19.8 Å². The molecule has 1 N–H and O–H groups in total. The van der Waals surface area contributed by atoms with Crippen LogP contribution in [0.5, 0.6) is 0 Å². The molecule has 0 aliphatic carbocycles. The smallest absolute Gasteiger partial charge is 0.253 e. The summed E-state index contributed by atoms with van der Waals surface area (Å²) < 4.78 is 1.72. The Bertz CT molecular complexity index is 695. The largest absolute Gasteiger partial charge is 0.353 e. The summed E-state index contributed by atoms with van der Waals surface area (Å²) in [7, 11) is 0. The quantitative estimate of drug-likeness (QED) is 0.855. The molecular weight excluding hydrogens is 298 g/mol. The van der Waals surface area contributed by atoms with Crippen molar-refractivity contribution < 1.29 is 4.79 Å². The second-order valence-corrected chi connectivity index (χ2v) is 6.62. The molecule has 0 bridgehead atoms. The van der Waals surface area contributed by atoms with E-state index in [0.29, 0.717) is 23.3 Å². The van der Waals surface area contributed by atoms with Gasteiger partial charge in [-0.15, -0.1) is 5.10 Å². The number of carbonyl (C=O) groups is 1. The first-order valence-corrected chi connectivity index (χ1v) is 8.62. The molecule has 1 atom stereocenters. The lowest BCUT2D eigenvalue weighted by molar-refractivity contribution is -0.121. The number of nitrogens with one attached hydrogen (secondary N) is 1. The SMILES string of the molecule is CSc1nc2nc(C)c(CC(=O)NC(C)C(C)C)c(C)n2n1. The third kappa shape index (κ3) is 3.40. The zero-order valence-electron chi connectivity index (χ0n) is 14.0. The molecule has 0 radical (unpaired) electrons. The summed E-state index contributed by atoms with van der Waals surface area (Å²) in [5.41, 5.74) is 2.67. The van der Waals surface area contributed by atoms with Gasteiger partial charge in [-0.3, -0.25) is 4.79 Å². The number of aryl methyl sites for hydroxylation is 2. The Balaban J connectivity index is 2.29. The van der Waals surface area contributed by atoms with Crippen LogP contribution < -0.4 is 5.32 Å². The fourth-order valence-corrected chi connectivity index (χ4v) is 2.50. The van der Waals surface area contributed by atoms with Gasteiger partial charge in [0.2, 0.25) is 11.1 Å². The van der Waals surface area contributed by atoms with Crippen molar-refractivity contribution in [2.24, 2.45) is 5.92 Å². The van der Waals surface area contributed by atoms with Crippen molar-refractivity contribution in [1.82, 2.24) is 24.9 Å². The molecule has 22 heavy (non-hydrogen) atoms. The predicted molar refractivity (Wildman–Crippen MR) is 88.2 cm³/mol. The summed E-state index contributed by atoms with van der Waals surface area (Å²) in [6, 6.07) is 0.152. The van der Waals surface area contributed by atoms with Crippen LogP contribution in [0.3, 0.4) is 0 Å². The number of fused-ring (bicyclic) bond motifs is 1. The number of thioether (sulfide) groups is 1. The van der Waals surface area contributed by atoms with Gasteiger partial charge < -0.3 is 5.32 Å². The number of carbonyl (C=O) groups excluding carboxylic acids is 1. The van der Waals surface area contributed by atoms with Crippen molar-refractivity contribution in [3.05, 3.63) is 17.0 Å². The lowest BCUT2D eigenvalue weighted by Gasteiger charge is -2.18. The summed E-state index contributed by atoms with van der Waals surface area (Å²) in [6.07, 6.45) is 2.24. The molecule has 0 saturated heterocycles. The number of rotatable bonds is 5. The molecule has 120 valence electrons. The highest BCUT2D eigenvalue weighted by Crippen LogP contribution is 2.17. The highest BCUT2D eigenvalue weighted by Gasteiger charge is 2.17. The Morgan fingerprint density at radius 1 is 1.27 bits per heavy atom. The Labute approximate surface area is 135 Å². The van der Waals surface area contributed by atoms with Gasteiger partial charge in [-0.2, -0.15) is 4.98 Å². The number of hydrogen-bond acceptors (Lipinski definition) is 5. The zero-order chi connectivity index (χ0) is 16.4. The van der Waals surface area contributed by atoms with Crippen LogP contribution in [0.25, 0.3) is 5.78 Å². The molecule has 0 aromatic carbocycles. The van der Waals surface area contributed by atoms with Crippen LogP contribution in [-0.4, -0.2) is 37.8 Å². The first-order valence-electron chi connectivity index (χ1n) is 7.39. The maximum Gasteiger partial charge on any atom is 0.253 e. The third-order valence-corrected chi connectivity index (χ3v) is 4.48. The standard InChI is InChI=1S/C15H23N5OS/c1-8(2)9(3)16-13(21)7-12-10(4)17-14-18-15(22-6)19-20(14)11(12)5/h8-9H,7H2,1-6H3,(H,16,21). The summed E-state index contributed by atoms with van der Waals surface area (Å²) >= 11 is 1.48. The molecule has 2 rings (SSSR count). The van der Waals surface area contributed by atoms with E-state index in [1.165, 1.54) is 11.8 Å². The Morgan fingerprint density at radius 2 is 1.95 bits per heavy atom. The number of aromatic nitrogens is 4. The summed E-state index contributed by atoms with van der Waals surface area (Å²) in [5.74, 6) is 1.00.